The van der Waals surface area contributed by atoms with Crippen molar-refractivity contribution in [1.82, 2.24) is 0 Å². The minimum Gasteiger partial charge on any atom is -0.496 e. The average molecular weight is 316 g/mol. The fraction of sp³-hybridized carbons (Fsp3) is 0.421. The number of rotatable bonds is 7. The third-order valence-electron chi connectivity index (χ3n) is 4.10. The smallest absolute Gasteiger partial charge is 0.303 e. The number of ether oxygens (including phenoxy) is 2. The Morgan fingerprint density at radius 3 is 2.35 bits per heavy atom. The predicted octanol–water partition coefficient (Wildman–Crippen LogP) is 4.39. The molecule has 0 heterocycles. The lowest BCUT2D eigenvalue weighted by Crippen LogP contribution is -1.99. The monoisotopic (exact) mass is 316 g/mol. The maximum Gasteiger partial charge on any atom is 0.303 e. The van der Waals surface area contributed by atoms with E-state index in [2.05, 4.69) is 19.9 Å². The van der Waals surface area contributed by atoms with Crippen LogP contribution in [-0.4, -0.2) is 25.3 Å². The van der Waals surface area contributed by atoms with Crippen LogP contribution in [0.1, 0.15) is 43.7 Å². The highest BCUT2D eigenvalue weighted by Gasteiger charge is 2.14. The molecule has 0 aliphatic carbocycles. The number of aryl methyl sites for hydroxylation is 1. The number of carboxylic acids is 1. The molecule has 0 bridgehead atoms. The van der Waals surface area contributed by atoms with Gasteiger partial charge in [0.1, 0.15) is 11.5 Å². The lowest BCUT2D eigenvalue weighted by molar-refractivity contribution is -0.137. The maximum atomic E-state index is 10.7. The van der Waals surface area contributed by atoms with Crippen molar-refractivity contribution < 1.29 is 19.4 Å². The first-order chi connectivity index (χ1) is 11.0. The number of carboxylic acid groups (broad SMARTS) is 1. The lowest BCUT2D eigenvalue weighted by atomic mass is 9.93. The van der Waals surface area contributed by atoms with Gasteiger partial charge in [0.15, 0.2) is 0 Å². The molecule has 0 fully saturated rings. The molecule has 0 unspecified atom stereocenters. The zero-order valence-corrected chi connectivity index (χ0v) is 14.2. The summed E-state index contributed by atoms with van der Waals surface area (Å²) in [6.07, 6.45) is 1.54. The van der Waals surface area contributed by atoms with Crippen LogP contribution in [0, 0.1) is 0 Å². The Bertz CT molecular complexity index is 704. The van der Waals surface area contributed by atoms with Crippen molar-refractivity contribution in [2.75, 3.05) is 14.2 Å². The van der Waals surface area contributed by atoms with E-state index in [-0.39, 0.29) is 6.42 Å². The van der Waals surface area contributed by atoms with Crippen LogP contribution in [0.3, 0.4) is 0 Å². The fourth-order valence-corrected chi connectivity index (χ4v) is 2.88. The van der Waals surface area contributed by atoms with Crippen LogP contribution in [0.2, 0.25) is 0 Å². The molecule has 1 N–H and O–H groups in total. The van der Waals surface area contributed by atoms with Crippen molar-refractivity contribution in [3.05, 3.63) is 35.4 Å². The predicted molar refractivity (Wildman–Crippen MR) is 91.7 cm³/mol. The molecule has 4 heteroatoms. The highest BCUT2D eigenvalue weighted by Crippen LogP contribution is 2.37. The summed E-state index contributed by atoms with van der Waals surface area (Å²) in [5.74, 6) is 1.24. The summed E-state index contributed by atoms with van der Waals surface area (Å²) in [4.78, 5) is 10.7. The van der Waals surface area contributed by atoms with E-state index in [1.54, 1.807) is 14.2 Å². The van der Waals surface area contributed by atoms with Gasteiger partial charge in [0, 0.05) is 11.8 Å². The second-order valence-electron chi connectivity index (χ2n) is 5.97. The van der Waals surface area contributed by atoms with Gasteiger partial charge in [-0.1, -0.05) is 19.9 Å². The highest BCUT2D eigenvalue weighted by atomic mass is 16.5. The molecule has 0 atom stereocenters. The zero-order chi connectivity index (χ0) is 17.0. The fourth-order valence-electron chi connectivity index (χ4n) is 2.88. The van der Waals surface area contributed by atoms with Gasteiger partial charge in [-0.15, -0.1) is 0 Å². The van der Waals surface area contributed by atoms with Crippen LogP contribution in [0.25, 0.3) is 10.8 Å². The van der Waals surface area contributed by atoms with Gasteiger partial charge in [-0.2, -0.15) is 0 Å². The molecule has 2 aromatic carbocycles. The Labute approximate surface area is 137 Å². The van der Waals surface area contributed by atoms with E-state index in [4.69, 9.17) is 14.6 Å². The summed E-state index contributed by atoms with van der Waals surface area (Å²) in [7, 11) is 3.33. The largest absolute Gasteiger partial charge is 0.496 e. The van der Waals surface area contributed by atoms with Gasteiger partial charge in [-0.3, -0.25) is 4.79 Å². The van der Waals surface area contributed by atoms with Crippen molar-refractivity contribution in [3.63, 3.8) is 0 Å². The summed E-state index contributed by atoms with van der Waals surface area (Å²) in [5.41, 5.74) is 2.29. The van der Waals surface area contributed by atoms with Crippen LogP contribution < -0.4 is 9.47 Å². The van der Waals surface area contributed by atoms with Crippen molar-refractivity contribution in [1.29, 1.82) is 0 Å². The van der Waals surface area contributed by atoms with E-state index in [9.17, 15) is 4.79 Å². The molecule has 0 spiro atoms. The number of hydrogen-bond acceptors (Lipinski definition) is 3. The first-order valence-corrected chi connectivity index (χ1v) is 7.87. The van der Waals surface area contributed by atoms with Crippen LogP contribution >= 0.6 is 0 Å². The van der Waals surface area contributed by atoms with Gasteiger partial charge in [0.05, 0.1) is 14.2 Å². The average Bonchev–Trinajstić information content (AvgIpc) is 2.53. The third kappa shape index (κ3) is 3.76. The number of methoxy groups -OCH3 is 2. The Kier molecular flexibility index (Phi) is 5.48. The van der Waals surface area contributed by atoms with Crippen molar-refractivity contribution in [3.8, 4) is 11.5 Å². The molecule has 0 aliphatic heterocycles. The molecule has 4 nitrogen and oxygen atoms in total. The van der Waals surface area contributed by atoms with Crippen molar-refractivity contribution in [2.24, 2.45) is 0 Å². The standard InChI is InChI=1S/C19H24O4/c1-12(2)14-10-15-13(6-5-7-19(20)21)8-9-17(22-3)16(15)11-18(14)23-4/h8-12H,5-7H2,1-4H3,(H,20,21). The molecule has 0 saturated heterocycles. The maximum absolute atomic E-state index is 10.7. The molecule has 0 amide bonds. The number of hydrogen-bond donors (Lipinski definition) is 1. The number of fused-ring (bicyclic) bond motifs is 1. The summed E-state index contributed by atoms with van der Waals surface area (Å²) in [6.45, 7) is 4.27. The molecule has 0 aliphatic rings. The normalized spacial score (nSPS) is 11.0. The molecule has 2 aromatic rings. The third-order valence-corrected chi connectivity index (χ3v) is 4.10. The van der Waals surface area contributed by atoms with E-state index in [0.717, 1.165) is 39.8 Å². The SMILES string of the molecule is COc1cc2c(OC)ccc(CCCC(=O)O)c2cc1C(C)C. The second-order valence-corrected chi connectivity index (χ2v) is 5.97. The van der Waals surface area contributed by atoms with Crippen molar-refractivity contribution >= 4 is 16.7 Å². The summed E-state index contributed by atoms with van der Waals surface area (Å²) in [6, 6.07) is 8.13. The van der Waals surface area contributed by atoms with Gasteiger partial charge < -0.3 is 14.6 Å². The molecule has 0 aromatic heterocycles. The minimum absolute atomic E-state index is 0.181. The first kappa shape index (κ1) is 17.1. The second kappa shape index (κ2) is 7.36. The lowest BCUT2D eigenvalue weighted by Gasteiger charge is -2.17. The summed E-state index contributed by atoms with van der Waals surface area (Å²) < 4.78 is 11.0. The van der Waals surface area contributed by atoms with Gasteiger partial charge >= 0.3 is 5.97 Å². The Hall–Kier alpha value is -2.23. The Morgan fingerprint density at radius 1 is 1.09 bits per heavy atom. The van der Waals surface area contributed by atoms with Gasteiger partial charge in [0.25, 0.3) is 0 Å². The first-order valence-electron chi connectivity index (χ1n) is 7.87. The number of carbonyl (C=O) groups is 1. The van der Waals surface area contributed by atoms with Gasteiger partial charge in [0.2, 0.25) is 0 Å². The molecule has 2 rings (SSSR count). The molecule has 0 saturated carbocycles. The zero-order valence-electron chi connectivity index (χ0n) is 14.2. The van der Waals surface area contributed by atoms with Crippen LogP contribution in [0.4, 0.5) is 0 Å². The molecule has 23 heavy (non-hydrogen) atoms. The number of aliphatic carboxylic acids is 1. The van der Waals surface area contributed by atoms with E-state index < -0.39 is 5.97 Å². The molecular weight excluding hydrogens is 292 g/mol. The highest BCUT2D eigenvalue weighted by molar-refractivity contribution is 5.93. The van der Waals surface area contributed by atoms with E-state index in [0.29, 0.717) is 12.3 Å². The molecule has 0 radical (unpaired) electrons. The van der Waals surface area contributed by atoms with E-state index in [1.165, 1.54) is 0 Å². The summed E-state index contributed by atoms with van der Waals surface area (Å²) in [5, 5.41) is 10.9. The Morgan fingerprint density at radius 2 is 1.78 bits per heavy atom. The van der Waals surface area contributed by atoms with Gasteiger partial charge in [-0.25, -0.2) is 0 Å². The summed E-state index contributed by atoms with van der Waals surface area (Å²) >= 11 is 0. The van der Waals surface area contributed by atoms with E-state index >= 15 is 0 Å². The minimum atomic E-state index is -0.757. The number of benzene rings is 2. The molecular formula is C19H24O4. The van der Waals surface area contributed by atoms with Crippen LogP contribution in [0.5, 0.6) is 11.5 Å². The van der Waals surface area contributed by atoms with Crippen molar-refractivity contribution in [2.45, 2.75) is 39.0 Å². The quantitative estimate of drug-likeness (QED) is 0.823. The van der Waals surface area contributed by atoms with Gasteiger partial charge in [-0.05, 0) is 53.5 Å². The van der Waals surface area contributed by atoms with Crippen LogP contribution in [0.15, 0.2) is 24.3 Å². The molecule has 124 valence electrons. The topological polar surface area (TPSA) is 55.8 Å². The Balaban J connectivity index is 2.55. The van der Waals surface area contributed by atoms with E-state index in [1.807, 2.05) is 18.2 Å². The van der Waals surface area contributed by atoms with Crippen LogP contribution in [-0.2, 0) is 11.2 Å².